The molecule has 0 radical (unpaired) electrons. The first-order valence-corrected chi connectivity index (χ1v) is 9.46. The second kappa shape index (κ2) is 7.90. The fourth-order valence-corrected chi connectivity index (χ4v) is 3.97. The highest BCUT2D eigenvalue weighted by Crippen LogP contribution is 2.29. The van der Waals surface area contributed by atoms with E-state index in [4.69, 9.17) is 16.0 Å². The first kappa shape index (κ1) is 19.3. The number of sulfonamides is 1. The molecule has 0 aliphatic carbocycles. The molecule has 0 saturated heterocycles. The van der Waals surface area contributed by atoms with Crippen molar-refractivity contribution in [2.45, 2.75) is 37.8 Å². The van der Waals surface area contributed by atoms with Crippen molar-refractivity contribution in [1.82, 2.24) is 4.72 Å². The van der Waals surface area contributed by atoms with Crippen LogP contribution in [-0.2, 0) is 16.6 Å². The summed E-state index contributed by atoms with van der Waals surface area (Å²) in [5, 5.41) is 12.2. The topological polar surface area (TPSA) is 109 Å². The van der Waals surface area contributed by atoms with E-state index < -0.39 is 16.0 Å². The van der Waals surface area contributed by atoms with E-state index in [-0.39, 0.29) is 33.8 Å². The van der Waals surface area contributed by atoms with E-state index in [1.807, 2.05) is 6.92 Å². The maximum atomic E-state index is 12.4. The largest absolute Gasteiger partial charge is 0.478 e. The normalized spacial score (nSPS) is 12.8. The van der Waals surface area contributed by atoms with Crippen LogP contribution in [0.5, 0.6) is 0 Å². The van der Waals surface area contributed by atoms with Gasteiger partial charge >= 0.3 is 5.97 Å². The van der Waals surface area contributed by atoms with Gasteiger partial charge in [-0.05, 0) is 37.6 Å². The number of carboxylic acids is 1. The van der Waals surface area contributed by atoms with Gasteiger partial charge in [0.15, 0.2) is 0 Å². The minimum atomic E-state index is -3.92. The van der Waals surface area contributed by atoms with E-state index >= 15 is 0 Å². The zero-order chi connectivity index (χ0) is 18.6. The van der Waals surface area contributed by atoms with E-state index in [0.29, 0.717) is 12.2 Å². The summed E-state index contributed by atoms with van der Waals surface area (Å²) < 4.78 is 32.5. The van der Waals surface area contributed by atoms with Gasteiger partial charge in [-0.3, -0.25) is 0 Å². The molecule has 1 aromatic carbocycles. The Bertz CT molecular complexity index is 850. The molecule has 136 valence electrons. The number of hydrogen-bond acceptors (Lipinski definition) is 5. The first-order chi connectivity index (χ1) is 11.7. The van der Waals surface area contributed by atoms with Gasteiger partial charge in [0.05, 0.1) is 29.1 Å². The molecule has 7 nitrogen and oxygen atoms in total. The van der Waals surface area contributed by atoms with Gasteiger partial charge in [-0.25, -0.2) is 17.9 Å². The molecule has 0 fully saturated rings. The maximum Gasteiger partial charge on any atom is 0.337 e. The average Bonchev–Trinajstić information content (AvgIpc) is 3.05. The monoisotopic (exact) mass is 386 g/mol. The molecule has 0 amide bonds. The third kappa shape index (κ3) is 4.75. The first-order valence-electron chi connectivity index (χ1n) is 7.60. The molecule has 0 bridgehead atoms. The Morgan fingerprint density at radius 2 is 2.12 bits per heavy atom. The van der Waals surface area contributed by atoms with Crippen LogP contribution in [0.4, 0.5) is 5.69 Å². The van der Waals surface area contributed by atoms with Crippen LogP contribution in [0.15, 0.2) is 39.8 Å². The molecular weight excluding hydrogens is 368 g/mol. The molecule has 1 unspecified atom stereocenters. The molecule has 25 heavy (non-hydrogen) atoms. The lowest BCUT2D eigenvalue weighted by Gasteiger charge is -2.16. The fourth-order valence-electron chi connectivity index (χ4n) is 2.09. The molecule has 1 heterocycles. The molecule has 1 atom stereocenters. The van der Waals surface area contributed by atoms with E-state index in [2.05, 4.69) is 10.0 Å². The standard InChI is InChI=1S/C16H19ClN2O5S/c1-3-10(2)19-25(22,23)15-7-12(16(20)21)14(8-13(15)17)18-9-11-5-4-6-24-11/h4-8,10,18-19H,3,9H2,1-2H3,(H,20,21). The Hall–Kier alpha value is -2.03. The van der Waals surface area contributed by atoms with Crippen LogP contribution in [0.3, 0.4) is 0 Å². The fraction of sp³-hybridized carbons (Fsp3) is 0.312. The highest BCUT2D eigenvalue weighted by Gasteiger charge is 2.24. The summed E-state index contributed by atoms with van der Waals surface area (Å²) in [5.74, 6) is -0.666. The van der Waals surface area contributed by atoms with Gasteiger partial charge in [-0.2, -0.15) is 0 Å². The summed E-state index contributed by atoms with van der Waals surface area (Å²) in [5.41, 5.74) is 0.0110. The number of anilines is 1. The molecule has 0 spiro atoms. The Morgan fingerprint density at radius 3 is 2.68 bits per heavy atom. The van der Waals surface area contributed by atoms with Crippen LogP contribution in [0.25, 0.3) is 0 Å². The zero-order valence-electron chi connectivity index (χ0n) is 13.7. The molecule has 0 saturated carbocycles. The van der Waals surface area contributed by atoms with Gasteiger partial charge in [0.25, 0.3) is 0 Å². The molecule has 9 heteroatoms. The number of rotatable bonds is 8. The van der Waals surface area contributed by atoms with Crippen LogP contribution in [0, 0.1) is 0 Å². The lowest BCUT2D eigenvalue weighted by molar-refractivity contribution is 0.0697. The number of benzene rings is 1. The number of aromatic carboxylic acids is 1. The molecular formula is C16H19ClN2O5S. The van der Waals surface area contributed by atoms with Crippen LogP contribution in [-0.4, -0.2) is 25.5 Å². The number of nitrogens with one attached hydrogen (secondary N) is 2. The van der Waals surface area contributed by atoms with Crippen molar-refractivity contribution < 1.29 is 22.7 Å². The van der Waals surface area contributed by atoms with Gasteiger partial charge in [0, 0.05) is 6.04 Å². The summed E-state index contributed by atoms with van der Waals surface area (Å²) in [6.07, 6.45) is 2.09. The number of carboxylic acid groups (broad SMARTS) is 1. The van der Waals surface area contributed by atoms with Crippen LogP contribution in [0.2, 0.25) is 5.02 Å². The summed E-state index contributed by atoms with van der Waals surface area (Å²) in [6.45, 7) is 3.78. The Balaban J connectivity index is 2.38. The second-order valence-electron chi connectivity index (χ2n) is 5.50. The smallest absolute Gasteiger partial charge is 0.337 e. The molecule has 3 N–H and O–H groups in total. The Morgan fingerprint density at radius 1 is 1.40 bits per heavy atom. The Labute approximate surface area is 151 Å². The average molecular weight is 387 g/mol. The third-order valence-electron chi connectivity index (χ3n) is 3.59. The zero-order valence-corrected chi connectivity index (χ0v) is 15.3. The van der Waals surface area contributed by atoms with Crippen LogP contribution < -0.4 is 10.0 Å². The van der Waals surface area contributed by atoms with Crippen molar-refractivity contribution in [3.63, 3.8) is 0 Å². The van der Waals surface area contributed by atoms with Crippen molar-refractivity contribution in [2.75, 3.05) is 5.32 Å². The molecule has 2 rings (SSSR count). The van der Waals surface area contributed by atoms with Gasteiger partial charge in [0.2, 0.25) is 10.0 Å². The summed E-state index contributed by atoms with van der Waals surface area (Å²) in [4.78, 5) is 11.3. The molecule has 2 aromatic rings. The van der Waals surface area contributed by atoms with Crippen molar-refractivity contribution in [1.29, 1.82) is 0 Å². The Kier molecular flexibility index (Phi) is 6.10. The van der Waals surface area contributed by atoms with Gasteiger partial charge in [-0.15, -0.1) is 0 Å². The van der Waals surface area contributed by atoms with E-state index in [9.17, 15) is 18.3 Å². The van der Waals surface area contributed by atoms with Crippen molar-refractivity contribution >= 4 is 33.3 Å². The van der Waals surface area contributed by atoms with Gasteiger partial charge < -0.3 is 14.8 Å². The quantitative estimate of drug-likeness (QED) is 0.642. The van der Waals surface area contributed by atoms with Crippen LogP contribution in [0.1, 0.15) is 36.4 Å². The molecule has 0 aliphatic rings. The SMILES string of the molecule is CCC(C)NS(=O)(=O)c1cc(C(=O)O)c(NCc2ccco2)cc1Cl. The number of furan rings is 1. The number of halogens is 1. The van der Waals surface area contributed by atoms with E-state index in [1.54, 1.807) is 19.1 Å². The highest BCUT2D eigenvalue weighted by atomic mass is 35.5. The van der Waals surface area contributed by atoms with E-state index in [0.717, 1.165) is 6.07 Å². The summed E-state index contributed by atoms with van der Waals surface area (Å²) in [6, 6.07) is 5.48. The minimum Gasteiger partial charge on any atom is -0.478 e. The number of hydrogen-bond donors (Lipinski definition) is 3. The van der Waals surface area contributed by atoms with Crippen molar-refractivity contribution in [2.24, 2.45) is 0 Å². The maximum absolute atomic E-state index is 12.4. The summed E-state index contributed by atoms with van der Waals surface area (Å²) in [7, 11) is -3.92. The predicted molar refractivity (Wildman–Crippen MR) is 94.5 cm³/mol. The minimum absolute atomic E-state index is 0.0669. The van der Waals surface area contributed by atoms with Gasteiger partial charge in [0.1, 0.15) is 10.7 Å². The van der Waals surface area contributed by atoms with Crippen molar-refractivity contribution in [3.05, 3.63) is 46.9 Å². The molecule has 1 aromatic heterocycles. The second-order valence-corrected chi connectivity index (χ2v) is 7.59. The molecule has 0 aliphatic heterocycles. The third-order valence-corrected chi connectivity index (χ3v) is 5.65. The van der Waals surface area contributed by atoms with Gasteiger partial charge in [-0.1, -0.05) is 18.5 Å². The highest BCUT2D eigenvalue weighted by molar-refractivity contribution is 7.89. The lowest BCUT2D eigenvalue weighted by Crippen LogP contribution is -2.32. The summed E-state index contributed by atoms with van der Waals surface area (Å²) >= 11 is 6.10. The van der Waals surface area contributed by atoms with Crippen LogP contribution >= 0.6 is 11.6 Å². The van der Waals surface area contributed by atoms with Crippen molar-refractivity contribution in [3.8, 4) is 0 Å². The predicted octanol–water partition coefficient (Wildman–Crippen LogP) is 3.32. The lowest BCUT2D eigenvalue weighted by atomic mass is 10.1. The number of carbonyl (C=O) groups is 1. The van der Waals surface area contributed by atoms with E-state index in [1.165, 1.54) is 12.3 Å².